The van der Waals surface area contributed by atoms with E-state index in [0.717, 1.165) is 38.8 Å². The van der Waals surface area contributed by atoms with Gasteiger partial charge in [0.05, 0.1) is 0 Å². The van der Waals surface area contributed by atoms with Crippen LogP contribution in [0.1, 0.15) is 51.4 Å². The van der Waals surface area contributed by atoms with Crippen LogP contribution in [0.25, 0.3) is 0 Å². The van der Waals surface area contributed by atoms with Gasteiger partial charge in [-0.15, -0.1) is 0 Å². The van der Waals surface area contributed by atoms with E-state index in [1.807, 2.05) is 0 Å². The lowest BCUT2D eigenvalue weighted by Crippen LogP contribution is -2.46. The molecule has 0 spiro atoms. The Morgan fingerprint density at radius 1 is 1.16 bits per heavy atom. The highest BCUT2D eigenvalue weighted by Gasteiger charge is 2.38. The van der Waals surface area contributed by atoms with Crippen LogP contribution in [0.2, 0.25) is 0 Å². The third-order valence-corrected chi connectivity index (χ3v) is 4.91. The predicted octanol–water partition coefficient (Wildman–Crippen LogP) is 1.25. The van der Waals surface area contributed by atoms with Gasteiger partial charge in [0.2, 0.25) is 5.91 Å². The summed E-state index contributed by atoms with van der Waals surface area (Å²) in [5.74, 6) is 0.595. The zero-order valence-corrected chi connectivity index (χ0v) is 11.8. The molecule has 2 saturated carbocycles. The van der Waals surface area contributed by atoms with Crippen LogP contribution >= 0.6 is 0 Å². The highest BCUT2D eigenvalue weighted by Crippen LogP contribution is 2.32. The Morgan fingerprint density at radius 3 is 2.63 bits per heavy atom. The Morgan fingerprint density at radius 2 is 2.00 bits per heavy atom. The van der Waals surface area contributed by atoms with E-state index in [-0.39, 0.29) is 12.0 Å². The van der Waals surface area contributed by atoms with E-state index in [1.54, 1.807) is 0 Å². The van der Waals surface area contributed by atoms with Gasteiger partial charge in [0, 0.05) is 30.6 Å². The van der Waals surface area contributed by atoms with Crippen molar-refractivity contribution in [2.24, 2.45) is 11.7 Å². The van der Waals surface area contributed by atoms with Gasteiger partial charge in [-0.3, -0.25) is 4.79 Å². The quantitative estimate of drug-likeness (QED) is 0.804. The second-order valence-electron chi connectivity index (χ2n) is 6.64. The minimum atomic E-state index is 0.200. The number of amides is 1. The smallest absolute Gasteiger partial charge is 0.226 e. The highest BCUT2D eigenvalue weighted by atomic mass is 16.2. The molecule has 3 unspecified atom stereocenters. The number of hydrogen-bond acceptors (Lipinski definition) is 3. The fourth-order valence-electron chi connectivity index (χ4n) is 3.64. The first-order chi connectivity index (χ1) is 9.24. The molecule has 1 aliphatic heterocycles. The van der Waals surface area contributed by atoms with Gasteiger partial charge in [-0.2, -0.15) is 0 Å². The maximum absolute atomic E-state index is 12.8. The number of rotatable bonds is 4. The maximum atomic E-state index is 12.8. The molecule has 108 valence electrons. The minimum Gasteiger partial charge on any atom is -0.338 e. The zero-order valence-electron chi connectivity index (χ0n) is 11.8. The monoisotopic (exact) mass is 265 g/mol. The van der Waals surface area contributed by atoms with Crippen molar-refractivity contribution in [3.05, 3.63) is 0 Å². The summed E-state index contributed by atoms with van der Waals surface area (Å²) >= 11 is 0. The van der Waals surface area contributed by atoms with Crippen LogP contribution < -0.4 is 11.1 Å². The Bertz CT molecular complexity index is 323. The molecule has 4 nitrogen and oxygen atoms in total. The first-order valence-electron chi connectivity index (χ1n) is 8.03. The predicted molar refractivity (Wildman–Crippen MR) is 75.7 cm³/mol. The Hall–Kier alpha value is -0.610. The Kier molecular flexibility index (Phi) is 4.08. The molecule has 4 heteroatoms. The molecule has 0 aromatic rings. The lowest BCUT2D eigenvalue weighted by molar-refractivity contribution is -0.137. The fourth-order valence-corrected chi connectivity index (χ4v) is 3.64. The van der Waals surface area contributed by atoms with Gasteiger partial charge < -0.3 is 16.0 Å². The number of hydrogen-bond donors (Lipinski definition) is 2. The summed E-state index contributed by atoms with van der Waals surface area (Å²) in [6.45, 7) is 2.04. The van der Waals surface area contributed by atoms with E-state index in [9.17, 15) is 4.79 Å². The van der Waals surface area contributed by atoms with Crippen LogP contribution in [-0.2, 0) is 4.79 Å². The van der Waals surface area contributed by atoms with Crippen LogP contribution in [0.15, 0.2) is 0 Å². The summed E-state index contributed by atoms with van der Waals surface area (Å²) in [5.41, 5.74) is 6.04. The van der Waals surface area contributed by atoms with Crippen molar-refractivity contribution in [1.29, 1.82) is 0 Å². The van der Waals surface area contributed by atoms with E-state index >= 15 is 0 Å². The first kappa shape index (κ1) is 13.4. The van der Waals surface area contributed by atoms with Crippen molar-refractivity contribution < 1.29 is 4.79 Å². The SMILES string of the molecule is NC1CCCC(C(=O)N(CC2CCCN2)C2CC2)C1. The van der Waals surface area contributed by atoms with Gasteiger partial charge in [0.25, 0.3) is 0 Å². The summed E-state index contributed by atoms with van der Waals surface area (Å²) in [7, 11) is 0. The summed E-state index contributed by atoms with van der Waals surface area (Å²) in [5, 5.41) is 3.52. The second kappa shape index (κ2) is 5.80. The van der Waals surface area contributed by atoms with Gasteiger partial charge in [-0.25, -0.2) is 0 Å². The van der Waals surface area contributed by atoms with E-state index in [4.69, 9.17) is 5.73 Å². The van der Waals surface area contributed by atoms with Crippen molar-refractivity contribution in [3.8, 4) is 0 Å². The topological polar surface area (TPSA) is 58.4 Å². The average Bonchev–Trinajstić information content (AvgIpc) is 3.12. The second-order valence-corrected chi connectivity index (χ2v) is 6.64. The highest BCUT2D eigenvalue weighted by molar-refractivity contribution is 5.79. The Balaban J connectivity index is 1.60. The molecule has 3 rings (SSSR count). The zero-order chi connectivity index (χ0) is 13.2. The lowest BCUT2D eigenvalue weighted by atomic mass is 9.85. The normalized spacial score (nSPS) is 35.3. The number of nitrogens with two attached hydrogens (primary N) is 1. The van der Waals surface area contributed by atoms with E-state index in [1.165, 1.54) is 25.7 Å². The van der Waals surface area contributed by atoms with Gasteiger partial charge in [-0.1, -0.05) is 6.42 Å². The average molecular weight is 265 g/mol. The molecule has 2 aliphatic carbocycles. The van der Waals surface area contributed by atoms with E-state index < -0.39 is 0 Å². The first-order valence-corrected chi connectivity index (χ1v) is 8.03. The summed E-state index contributed by atoms with van der Waals surface area (Å²) in [6, 6.07) is 1.31. The standard InChI is InChI=1S/C15H27N3O/c16-12-4-1-3-11(9-12)15(19)18(14-6-7-14)10-13-5-2-8-17-13/h11-14,17H,1-10,16H2. The van der Waals surface area contributed by atoms with Crippen LogP contribution in [0.3, 0.4) is 0 Å². The van der Waals surface area contributed by atoms with Crippen LogP contribution in [0, 0.1) is 5.92 Å². The van der Waals surface area contributed by atoms with Crippen LogP contribution in [0.4, 0.5) is 0 Å². The minimum absolute atomic E-state index is 0.200. The molecule has 0 bridgehead atoms. The molecule has 1 amide bonds. The summed E-state index contributed by atoms with van der Waals surface area (Å²) in [4.78, 5) is 14.9. The molecule has 19 heavy (non-hydrogen) atoms. The summed E-state index contributed by atoms with van der Waals surface area (Å²) in [6.07, 6.45) is 9.06. The fraction of sp³-hybridized carbons (Fsp3) is 0.933. The molecule has 0 aromatic carbocycles. The molecule has 1 saturated heterocycles. The largest absolute Gasteiger partial charge is 0.338 e. The van der Waals surface area contributed by atoms with E-state index in [0.29, 0.717) is 18.0 Å². The van der Waals surface area contributed by atoms with Crippen molar-refractivity contribution in [2.75, 3.05) is 13.1 Å². The number of nitrogens with zero attached hydrogens (tertiary/aromatic N) is 1. The van der Waals surface area contributed by atoms with Crippen molar-refractivity contribution in [2.45, 2.75) is 69.5 Å². The number of carbonyl (C=O) groups is 1. The van der Waals surface area contributed by atoms with Crippen molar-refractivity contribution in [3.63, 3.8) is 0 Å². The van der Waals surface area contributed by atoms with Crippen molar-refractivity contribution in [1.82, 2.24) is 10.2 Å². The molecule has 3 aliphatic rings. The molecule has 3 fully saturated rings. The molecular weight excluding hydrogens is 238 g/mol. The van der Waals surface area contributed by atoms with Crippen LogP contribution in [-0.4, -0.2) is 42.0 Å². The lowest BCUT2D eigenvalue weighted by Gasteiger charge is -2.33. The van der Waals surface area contributed by atoms with Gasteiger partial charge in [0.15, 0.2) is 0 Å². The maximum Gasteiger partial charge on any atom is 0.226 e. The van der Waals surface area contributed by atoms with Crippen LogP contribution in [0.5, 0.6) is 0 Å². The third kappa shape index (κ3) is 3.29. The molecule has 3 atom stereocenters. The van der Waals surface area contributed by atoms with E-state index in [2.05, 4.69) is 10.2 Å². The number of carbonyl (C=O) groups excluding carboxylic acids is 1. The molecule has 0 aromatic heterocycles. The van der Waals surface area contributed by atoms with Gasteiger partial charge >= 0.3 is 0 Å². The number of nitrogens with one attached hydrogen (secondary N) is 1. The molecule has 1 heterocycles. The molecule has 0 radical (unpaired) electrons. The molecule has 3 N–H and O–H groups in total. The Labute approximate surface area is 116 Å². The van der Waals surface area contributed by atoms with Gasteiger partial charge in [-0.05, 0) is 51.5 Å². The summed E-state index contributed by atoms with van der Waals surface area (Å²) < 4.78 is 0. The molecular formula is C15H27N3O. The van der Waals surface area contributed by atoms with Crippen molar-refractivity contribution >= 4 is 5.91 Å². The van der Waals surface area contributed by atoms with Gasteiger partial charge in [0.1, 0.15) is 0 Å². The third-order valence-electron chi connectivity index (χ3n) is 4.91.